The molecule has 4 rings (SSSR count). The van der Waals surface area contributed by atoms with Crippen molar-refractivity contribution in [2.75, 3.05) is 0 Å². The fourth-order valence-electron chi connectivity index (χ4n) is 7.48. The summed E-state index contributed by atoms with van der Waals surface area (Å²) < 4.78 is 0. The number of hydrogen-bond donors (Lipinski definition) is 1. The second kappa shape index (κ2) is 4.98. The summed E-state index contributed by atoms with van der Waals surface area (Å²) in [5, 5.41) is 3.34. The molecule has 7 atom stereocenters. The summed E-state index contributed by atoms with van der Waals surface area (Å²) in [7, 11) is 0. The highest BCUT2D eigenvalue weighted by Crippen LogP contribution is 2.65. The van der Waals surface area contributed by atoms with Gasteiger partial charge in [-0.3, -0.25) is 4.79 Å². The summed E-state index contributed by atoms with van der Waals surface area (Å²) in [6.07, 6.45) is 11.7. The maximum absolute atomic E-state index is 11.8. The van der Waals surface area contributed by atoms with E-state index in [1.165, 1.54) is 44.9 Å². The molecule has 2 nitrogen and oxygen atoms in total. The molecule has 0 aromatic carbocycles. The van der Waals surface area contributed by atoms with Crippen molar-refractivity contribution in [3.63, 3.8) is 0 Å². The molecule has 124 valence electrons. The molecular weight excluding hydrogens is 270 g/mol. The van der Waals surface area contributed by atoms with Gasteiger partial charge in [0, 0.05) is 12.5 Å². The molecule has 0 aromatic heterocycles. The third-order valence-corrected chi connectivity index (χ3v) is 8.78. The standard InChI is InChI=1S/C20H33NO/c1-4-13-5-7-15-14-6-8-17-20(3,12-10-18(22)21-17)16(14)9-11-19(13,15)2/h13-17H,4-12H2,1-3H3,(H,21,22)/t13-,14?,15?,16?,17?,19-,20-/m1/s1. The third-order valence-electron chi connectivity index (χ3n) is 8.78. The van der Waals surface area contributed by atoms with Crippen molar-refractivity contribution in [3.05, 3.63) is 0 Å². The maximum atomic E-state index is 11.8. The van der Waals surface area contributed by atoms with Gasteiger partial charge >= 0.3 is 0 Å². The minimum atomic E-state index is 0.300. The SMILES string of the molecule is CC[C@@H]1CCC2C3CCC4NC(=O)CC[C@]4(C)C3CC[C@@]21C. The van der Waals surface area contributed by atoms with Crippen LogP contribution in [0.25, 0.3) is 0 Å². The zero-order chi connectivity index (χ0) is 15.5. The van der Waals surface area contributed by atoms with Crippen molar-refractivity contribution >= 4 is 5.91 Å². The van der Waals surface area contributed by atoms with Crippen LogP contribution in [0.4, 0.5) is 0 Å². The van der Waals surface area contributed by atoms with Crippen molar-refractivity contribution in [2.24, 2.45) is 34.5 Å². The average Bonchev–Trinajstić information content (AvgIpc) is 2.84. The molecule has 0 spiro atoms. The number of piperidine rings is 1. The average molecular weight is 303 g/mol. The minimum Gasteiger partial charge on any atom is -0.353 e. The lowest BCUT2D eigenvalue weighted by molar-refractivity contribution is -0.136. The van der Waals surface area contributed by atoms with E-state index in [1.54, 1.807) is 0 Å². The number of carbonyl (C=O) groups is 1. The molecule has 3 aliphatic carbocycles. The summed E-state index contributed by atoms with van der Waals surface area (Å²) in [5.41, 5.74) is 0.999. The van der Waals surface area contributed by atoms with E-state index >= 15 is 0 Å². The van der Waals surface area contributed by atoms with E-state index in [1.807, 2.05) is 0 Å². The van der Waals surface area contributed by atoms with Gasteiger partial charge in [0.25, 0.3) is 0 Å². The van der Waals surface area contributed by atoms with Crippen molar-refractivity contribution < 1.29 is 4.79 Å². The highest BCUT2D eigenvalue weighted by atomic mass is 16.1. The van der Waals surface area contributed by atoms with Gasteiger partial charge in [-0.15, -0.1) is 0 Å². The van der Waals surface area contributed by atoms with Crippen molar-refractivity contribution in [2.45, 2.75) is 84.6 Å². The lowest BCUT2D eigenvalue weighted by Gasteiger charge is -2.60. The van der Waals surface area contributed by atoms with Crippen LogP contribution in [0.15, 0.2) is 0 Å². The molecule has 2 heteroatoms. The Bertz CT molecular complexity index is 474. The zero-order valence-electron chi connectivity index (χ0n) is 14.7. The van der Waals surface area contributed by atoms with Crippen molar-refractivity contribution in [1.82, 2.24) is 5.32 Å². The number of amides is 1. The fourth-order valence-corrected chi connectivity index (χ4v) is 7.48. The first-order valence-corrected chi connectivity index (χ1v) is 9.78. The van der Waals surface area contributed by atoms with E-state index in [2.05, 4.69) is 26.1 Å². The Kier molecular flexibility index (Phi) is 3.40. The van der Waals surface area contributed by atoms with Gasteiger partial charge in [0.05, 0.1) is 0 Å². The summed E-state index contributed by atoms with van der Waals surface area (Å²) >= 11 is 0. The smallest absolute Gasteiger partial charge is 0.220 e. The Hall–Kier alpha value is -0.530. The Morgan fingerprint density at radius 2 is 1.77 bits per heavy atom. The molecule has 1 amide bonds. The molecule has 1 heterocycles. The third kappa shape index (κ3) is 1.88. The number of fused-ring (bicyclic) bond motifs is 5. The van der Waals surface area contributed by atoms with Crippen molar-refractivity contribution in [1.29, 1.82) is 0 Å². The predicted molar refractivity (Wildman–Crippen MR) is 89.3 cm³/mol. The van der Waals surface area contributed by atoms with E-state index in [0.29, 0.717) is 22.8 Å². The topological polar surface area (TPSA) is 29.1 Å². The summed E-state index contributed by atoms with van der Waals surface area (Å²) in [6.45, 7) is 7.52. The summed E-state index contributed by atoms with van der Waals surface area (Å²) in [6, 6.07) is 0.461. The summed E-state index contributed by atoms with van der Waals surface area (Å²) in [5.74, 6) is 4.03. The fraction of sp³-hybridized carbons (Fsp3) is 0.950. The molecule has 22 heavy (non-hydrogen) atoms. The second-order valence-corrected chi connectivity index (χ2v) is 9.31. The molecular formula is C20H33NO. The molecule has 1 N–H and O–H groups in total. The lowest BCUT2D eigenvalue weighted by Crippen LogP contribution is -2.61. The number of rotatable bonds is 1. The van der Waals surface area contributed by atoms with Gasteiger partial charge in [0.15, 0.2) is 0 Å². The number of carbonyl (C=O) groups excluding carboxylic acids is 1. The molecule has 0 radical (unpaired) electrons. The molecule has 4 fully saturated rings. The van der Waals surface area contributed by atoms with Crippen LogP contribution in [0, 0.1) is 34.5 Å². The Labute approximate surface area is 135 Å². The lowest BCUT2D eigenvalue weighted by atomic mass is 9.47. The van der Waals surface area contributed by atoms with Crippen LogP contribution in [0.2, 0.25) is 0 Å². The van der Waals surface area contributed by atoms with Gasteiger partial charge in [-0.05, 0) is 79.4 Å². The van der Waals surface area contributed by atoms with Crippen LogP contribution in [0.1, 0.15) is 78.6 Å². The van der Waals surface area contributed by atoms with Crippen LogP contribution in [-0.4, -0.2) is 11.9 Å². The Morgan fingerprint density at radius 1 is 1.00 bits per heavy atom. The normalized spacial score (nSPS) is 54.1. The number of hydrogen-bond acceptors (Lipinski definition) is 1. The van der Waals surface area contributed by atoms with Crippen LogP contribution in [0.3, 0.4) is 0 Å². The van der Waals surface area contributed by atoms with Gasteiger partial charge in [0.1, 0.15) is 0 Å². The second-order valence-electron chi connectivity index (χ2n) is 9.31. The van der Waals surface area contributed by atoms with Crippen LogP contribution in [0.5, 0.6) is 0 Å². The number of nitrogens with one attached hydrogen (secondary N) is 1. The summed E-state index contributed by atoms with van der Waals surface area (Å²) in [4.78, 5) is 11.8. The molecule has 4 unspecified atom stereocenters. The highest BCUT2D eigenvalue weighted by Gasteiger charge is 2.59. The van der Waals surface area contributed by atoms with Crippen LogP contribution >= 0.6 is 0 Å². The quantitative estimate of drug-likeness (QED) is 0.757. The van der Waals surface area contributed by atoms with E-state index in [-0.39, 0.29) is 0 Å². The Balaban J connectivity index is 1.62. The van der Waals surface area contributed by atoms with Gasteiger partial charge < -0.3 is 5.32 Å². The van der Waals surface area contributed by atoms with Crippen LogP contribution < -0.4 is 5.32 Å². The molecule has 3 saturated carbocycles. The van der Waals surface area contributed by atoms with E-state index in [4.69, 9.17) is 0 Å². The van der Waals surface area contributed by atoms with E-state index < -0.39 is 0 Å². The minimum absolute atomic E-state index is 0.300. The van der Waals surface area contributed by atoms with Gasteiger partial charge in [-0.1, -0.05) is 27.2 Å². The first-order chi connectivity index (χ1) is 10.5. The first-order valence-electron chi connectivity index (χ1n) is 9.78. The maximum Gasteiger partial charge on any atom is 0.220 e. The molecule has 0 bridgehead atoms. The monoisotopic (exact) mass is 303 g/mol. The first kappa shape index (κ1) is 15.0. The largest absolute Gasteiger partial charge is 0.353 e. The van der Waals surface area contributed by atoms with Gasteiger partial charge in [0.2, 0.25) is 5.91 Å². The highest BCUT2D eigenvalue weighted by molar-refractivity contribution is 5.77. The van der Waals surface area contributed by atoms with E-state index in [9.17, 15) is 4.79 Å². The molecule has 0 aromatic rings. The van der Waals surface area contributed by atoms with E-state index in [0.717, 1.165) is 36.5 Å². The van der Waals surface area contributed by atoms with Crippen LogP contribution in [-0.2, 0) is 4.79 Å². The van der Waals surface area contributed by atoms with Gasteiger partial charge in [-0.25, -0.2) is 0 Å². The van der Waals surface area contributed by atoms with Gasteiger partial charge in [-0.2, -0.15) is 0 Å². The predicted octanol–water partition coefficient (Wildman–Crippen LogP) is 4.53. The Morgan fingerprint density at radius 3 is 2.55 bits per heavy atom. The van der Waals surface area contributed by atoms with Crippen molar-refractivity contribution in [3.8, 4) is 0 Å². The molecule has 1 aliphatic heterocycles. The zero-order valence-corrected chi connectivity index (χ0v) is 14.7. The molecule has 1 saturated heterocycles. The molecule has 4 aliphatic rings.